The predicted molar refractivity (Wildman–Crippen MR) is 93.1 cm³/mol. The average Bonchev–Trinajstić information content (AvgIpc) is 3.16. The highest BCUT2D eigenvalue weighted by atomic mass is 19.1. The van der Waals surface area contributed by atoms with Gasteiger partial charge in [-0.05, 0) is 29.8 Å². The predicted octanol–water partition coefficient (Wildman–Crippen LogP) is 1.55. The van der Waals surface area contributed by atoms with E-state index in [0.29, 0.717) is 25.4 Å². The molecule has 2 aliphatic heterocycles. The minimum Gasteiger partial charge on any atom is -0.486 e. The van der Waals surface area contributed by atoms with Crippen LogP contribution in [-0.4, -0.2) is 31.7 Å². The van der Waals surface area contributed by atoms with Crippen molar-refractivity contribution >= 4 is 5.91 Å². The van der Waals surface area contributed by atoms with Crippen molar-refractivity contribution in [3.8, 4) is 11.5 Å². The summed E-state index contributed by atoms with van der Waals surface area (Å²) in [6.07, 6.45) is -0.236. The zero-order valence-corrected chi connectivity index (χ0v) is 14.1. The minimum absolute atomic E-state index is 0.0840. The van der Waals surface area contributed by atoms with Crippen LogP contribution in [0.2, 0.25) is 0 Å². The topological polar surface area (TPSA) is 71.6 Å². The van der Waals surface area contributed by atoms with Gasteiger partial charge in [-0.25, -0.2) is 9.82 Å². The number of amides is 1. The fourth-order valence-electron chi connectivity index (χ4n) is 3.24. The van der Waals surface area contributed by atoms with Crippen molar-refractivity contribution in [2.45, 2.75) is 12.1 Å². The number of halogens is 1. The number of hydrazine groups is 1. The summed E-state index contributed by atoms with van der Waals surface area (Å²) in [5.41, 5.74) is 6.96. The van der Waals surface area contributed by atoms with Crippen LogP contribution in [0.3, 0.4) is 0 Å². The summed E-state index contributed by atoms with van der Waals surface area (Å²) in [7, 11) is 0. The number of carbonyl (C=O) groups is 1. The number of hydrogen-bond donors (Lipinski definition) is 3. The number of para-hydroxylation sites is 2. The Kier molecular flexibility index (Phi) is 4.73. The third kappa shape index (κ3) is 3.49. The maximum Gasteiger partial charge on any atom is 0.226 e. The van der Waals surface area contributed by atoms with Crippen LogP contribution in [0.4, 0.5) is 4.39 Å². The SMILES string of the molecule is O=C(NCC1COc2ccccc2O1)C1CNNC1c1ccc(F)cc1. The van der Waals surface area contributed by atoms with Gasteiger partial charge in [-0.1, -0.05) is 24.3 Å². The minimum atomic E-state index is -0.296. The molecule has 1 fully saturated rings. The molecule has 136 valence electrons. The Morgan fingerprint density at radius 2 is 1.92 bits per heavy atom. The summed E-state index contributed by atoms with van der Waals surface area (Å²) >= 11 is 0. The fraction of sp³-hybridized carbons (Fsp3) is 0.316. The molecule has 4 rings (SSSR count). The third-order valence-electron chi connectivity index (χ3n) is 4.62. The lowest BCUT2D eigenvalue weighted by atomic mass is 9.94. The van der Waals surface area contributed by atoms with Crippen LogP contribution in [-0.2, 0) is 4.79 Å². The fourth-order valence-corrected chi connectivity index (χ4v) is 3.24. The highest BCUT2D eigenvalue weighted by Gasteiger charge is 2.34. The van der Waals surface area contributed by atoms with Crippen LogP contribution in [0.25, 0.3) is 0 Å². The molecule has 0 spiro atoms. The Labute approximate surface area is 150 Å². The lowest BCUT2D eigenvalue weighted by Crippen LogP contribution is -2.44. The van der Waals surface area contributed by atoms with Gasteiger partial charge in [-0.2, -0.15) is 0 Å². The van der Waals surface area contributed by atoms with Gasteiger partial charge < -0.3 is 14.8 Å². The Balaban J connectivity index is 1.35. The van der Waals surface area contributed by atoms with E-state index in [9.17, 15) is 9.18 Å². The molecule has 1 amide bonds. The molecule has 0 aliphatic carbocycles. The van der Waals surface area contributed by atoms with E-state index in [2.05, 4.69) is 16.2 Å². The zero-order chi connectivity index (χ0) is 17.9. The lowest BCUT2D eigenvalue weighted by Gasteiger charge is -2.27. The van der Waals surface area contributed by atoms with E-state index < -0.39 is 0 Å². The molecule has 2 aliphatic rings. The van der Waals surface area contributed by atoms with E-state index in [1.54, 1.807) is 12.1 Å². The highest BCUT2D eigenvalue weighted by molar-refractivity contribution is 5.80. The van der Waals surface area contributed by atoms with Crippen molar-refractivity contribution in [2.75, 3.05) is 19.7 Å². The first kappa shape index (κ1) is 16.8. The average molecular weight is 357 g/mol. The normalized spacial score (nSPS) is 24.3. The smallest absolute Gasteiger partial charge is 0.226 e. The van der Waals surface area contributed by atoms with Crippen LogP contribution >= 0.6 is 0 Å². The maximum atomic E-state index is 13.1. The molecule has 1 saturated heterocycles. The standard InChI is InChI=1S/C19H20FN3O3/c20-13-7-5-12(6-8-13)18-15(10-22-23-18)19(24)21-9-14-11-25-16-3-1-2-4-17(16)26-14/h1-8,14-15,18,22-23H,9-11H2,(H,21,24). The molecule has 0 aromatic heterocycles. The Bertz CT molecular complexity index is 784. The van der Waals surface area contributed by atoms with E-state index in [1.807, 2.05) is 24.3 Å². The molecule has 0 bridgehead atoms. The lowest BCUT2D eigenvalue weighted by molar-refractivity contribution is -0.125. The van der Waals surface area contributed by atoms with Crippen LogP contribution in [0.5, 0.6) is 11.5 Å². The molecular formula is C19H20FN3O3. The van der Waals surface area contributed by atoms with Crippen LogP contribution in [0, 0.1) is 11.7 Å². The molecular weight excluding hydrogens is 337 g/mol. The third-order valence-corrected chi connectivity index (χ3v) is 4.62. The van der Waals surface area contributed by atoms with Crippen LogP contribution < -0.4 is 25.6 Å². The number of rotatable bonds is 4. The van der Waals surface area contributed by atoms with E-state index in [1.165, 1.54) is 12.1 Å². The number of carbonyl (C=O) groups excluding carboxylic acids is 1. The van der Waals surface area contributed by atoms with Gasteiger partial charge in [0.25, 0.3) is 0 Å². The molecule has 2 aromatic carbocycles. The van der Waals surface area contributed by atoms with Gasteiger partial charge in [-0.3, -0.25) is 10.2 Å². The number of benzene rings is 2. The second kappa shape index (κ2) is 7.31. The quantitative estimate of drug-likeness (QED) is 0.774. The van der Waals surface area contributed by atoms with Crippen LogP contribution in [0.15, 0.2) is 48.5 Å². The second-order valence-corrected chi connectivity index (χ2v) is 6.40. The van der Waals surface area contributed by atoms with E-state index >= 15 is 0 Å². The molecule has 26 heavy (non-hydrogen) atoms. The first-order valence-corrected chi connectivity index (χ1v) is 8.61. The molecule has 3 atom stereocenters. The largest absolute Gasteiger partial charge is 0.486 e. The summed E-state index contributed by atoms with van der Waals surface area (Å²) in [5, 5.41) is 2.94. The molecule has 6 nitrogen and oxygen atoms in total. The van der Waals surface area contributed by atoms with Gasteiger partial charge in [0, 0.05) is 6.54 Å². The number of nitrogens with one attached hydrogen (secondary N) is 3. The zero-order valence-electron chi connectivity index (χ0n) is 14.1. The monoisotopic (exact) mass is 357 g/mol. The Hall–Kier alpha value is -2.64. The molecule has 2 heterocycles. The highest BCUT2D eigenvalue weighted by Crippen LogP contribution is 2.31. The van der Waals surface area contributed by atoms with Gasteiger partial charge in [0.2, 0.25) is 5.91 Å². The van der Waals surface area contributed by atoms with Crippen LogP contribution in [0.1, 0.15) is 11.6 Å². The van der Waals surface area contributed by atoms with Gasteiger partial charge in [0.15, 0.2) is 11.5 Å². The van der Waals surface area contributed by atoms with Crippen molar-refractivity contribution < 1.29 is 18.7 Å². The van der Waals surface area contributed by atoms with E-state index in [4.69, 9.17) is 9.47 Å². The van der Waals surface area contributed by atoms with Gasteiger partial charge in [-0.15, -0.1) is 0 Å². The summed E-state index contributed by atoms with van der Waals surface area (Å²) in [5.74, 6) is 0.731. The van der Waals surface area contributed by atoms with Crippen molar-refractivity contribution in [3.05, 3.63) is 59.9 Å². The number of fused-ring (bicyclic) bond motifs is 1. The number of ether oxygens (including phenoxy) is 2. The summed E-state index contributed by atoms with van der Waals surface area (Å²) < 4.78 is 24.6. The van der Waals surface area contributed by atoms with Crippen molar-refractivity contribution in [1.82, 2.24) is 16.2 Å². The molecule has 3 N–H and O–H groups in total. The summed E-state index contributed by atoms with van der Waals surface area (Å²) in [4.78, 5) is 12.6. The van der Waals surface area contributed by atoms with Crippen molar-refractivity contribution in [2.24, 2.45) is 5.92 Å². The second-order valence-electron chi connectivity index (χ2n) is 6.40. The molecule has 2 aromatic rings. The molecule has 3 unspecified atom stereocenters. The Morgan fingerprint density at radius 1 is 1.15 bits per heavy atom. The van der Waals surface area contributed by atoms with E-state index in [-0.39, 0.29) is 29.8 Å². The van der Waals surface area contributed by atoms with Gasteiger partial charge in [0.1, 0.15) is 18.5 Å². The first-order valence-electron chi connectivity index (χ1n) is 8.61. The Morgan fingerprint density at radius 3 is 2.73 bits per heavy atom. The van der Waals surface area contributed by atoms with E-state index in [0.717, 1.165) is 11.3 Å². The first-order chi connectivity index (χ1) is 12.7. The molecule has 0 radical (unpaired) electrons. The number of hydrogen-bond acceptors (Lipinski definition) is 5. The van der Waals surface area contributed by atoms with Gasteiger partial charge >= 0.3 is 0 Å². The molecule has 7 heteroatoms. The van der Waals surface area contributed by atoms with Gasteiger partial charge in [0.05, 0.1) is 18.5 Å². The summed E-state index contributed by atoms with van der Waals surface area (Å²) in [6.45, 7) is 1.25. The summed E-state index contributed by atoms with van der Waals surface area (Å²) in [6, 6.07) is 13.4. The van der Waals surface area contributed by atoms with Crippen molar-refractivity contribution in [3.63, 3.8) is 0 Å². The maximum absolute atomic E-state index is 13.1. The molecule has 0 saturated carbocycles. The van der Waals surface area contributed by atoms with Crippen molar-refractivity contribution in [1.29, 1.82) is 0 Å².